The molecule has 1 unspecified atom stereocenters. The van der Waals surface area contributed by atoms with E-state index in [9.17, 15) is 14.4 Å². The molecule has 1 aliphatic rings. The Morgan fingerprint density at radius 2 is 1.89 bits per heavy atom. The first-order valence-electron chi connectivity index (χ1n) is 6.26. The molecule has 19 heavy (non-hydrogen) atoms. The summed E-state index contributed by atoms with van der Waals surface area (Å²) in [7, 11) is 0. The fourth-order valence-electron chi connectivity index (χ4n) is 1.80. The maximum Gasteiger partial charge on any atom is 0.534 e. The Morgan fingerprint density at radius 3 is 2.32 bits per heavy atom. The number of nitrogens with zero attached hydrogens (tertiary/aromatic N) is 1. The van der Waals surface area contributed by atoms with Gasteiger partial charge in [-0.15, -0.1) is 0 Å². The molecule has 2 amide bonds. The van der Waals surface area contributed by atoms with Gasteiger partial charge in [-0.3, -0.25) is 14.4 Å². The summed E-state index contributed by atoms with van der Waals surface area (Å²) in [5.74, 6) is -1.07. The molecule has 0 aromatic heterocycles. The van der Waals surface area contributed by atoms with Crippen molar-refractivity contribution in [2.75, 3.05) is 6.54 Å². The van der Waals surface area contributed by atoms with Crippen LogP contribution in [0.1, 0.15) is 40.0 Å². The molecule has 0 spiro atoms. The quantitative estimate of drug-likeness (QED) is 0.591. The van der Waals surface area contributed by atoms with Gasteiger partial charge in [-0.2, -0.15) is 0 Å². The highest BCUT2D eigenvalue weighted by atomic mass is 16.8. The first kappa shape index (κ1) is 15.4. The summed E-state index contributed by atoms with van der Waals surface area (Å²) >= 11 is 0. The third-order valence-corrected chi connectivity index (χ3v) is 3.18. The predicted molar refractivity (Wildman–Crippen MR) is 65.6 cm³/mol. The molecule has 1 heterocycles. The van der Waals surface area contributed by atoms with Crippen molar-refractivity contribution in [1.82, 2.24) is 5.06 Å². The monoisotopic (exact) mass is 272 g/mol. The molecule has 0 saturated carbocycles. The normalized spacial score (nSPS) is 17.6. The van der Waals surface area contributed by atoms with Crippen LogP contribution >= 0.6 is 0 Å². The lowest BCUT2D eigenvalue weighted by molar-refractivity contribution is -0.180. The number of hydroxylamine groups is 2. The molecule has 1 rings (SSSR count). The van der Waals surface area contributed by atoms with Crippen molar-refractivity contribution in [2.24, 2.45) is 11.1 Å². The van der Waals surface area contributed by atoms with Gasteiger partial charge in [0.1, 0.15) is 6.10 Å². The van der Waals surface area contributed by atoms with E-state index < -0.39 is 29.5 Å². The molecular formula is C12H20N2O5. The van der Waals surface area contributed by atoms with E-state index in [0.29, 0.717) is 18.0 Å². The fraction of sp³-hybridized carbons (Fsp3) is 0.750. The summed E-state index contributed by atoms with van der Waals surface area (Å²) in [6.07, 6.45) is -0.842. The topological polar surface area (TPSA) is 98.9 Å². The van der Waals surface area contributed by atoms with Gasteiger partial charge >= 0.3 is 6.16 Å². The molecule has 0 aromatic rings. The van der Waals surface area contributed by atoms with Gasteiger partial charge in [-0.1, -0.05) is 25.8 Å². The van der Waals surface area contributed by atoms with Crippen molar-refractivity contribution >= 4 is 18.0 Å². The van der Waals surface area contributed by atoms with Crippen LogP contribution in [0.25, 0.3) is 0 Å². The molecule has 1 atom stereocenters. The van der Waals surface area contributed by atoms with Crippen LogP contribution in [-0.4, -0.2) is 35.7 Å². The highest BCUT2D eigenvalue weighted by molar-refractivity contribution is 6.01. The second-order valence-corrected chi connectivity index (χ2v) is 5.13. The number of nitrogens with two attached hydrogens (primary N) is 1. The van der Waals surface area contributed by atoms with Gasteiger partial charge in [0, 0.05) is 24.8 Å². The first-order chi connectivity index (χ1) is 8.81. The van der Waals surface area contributed by atoms with Crippen LogP contribution in [0.5, 0.6) is 0 Å². The average molecular weight is 272 g/mol. The molecule has 7 heteroatoms. The molecule has 1 fully saturated rings. The smallest absolute Gasteiger partial charge is 0.429 e. The molecule has 1 saturated heterocycles. The Hall–Kier alpha value is -1.63. The lowest BCUT2D eigenvalue weighted by atomic mass is 9.85. The summed E-state index contributed by atoms with van der Waals surface area (Å²) in [6, 6.07) is 0. The van der Waals surface area contributed by atoms with E-state index in [0.717, 1.165) is 0 Å². The first-order valence-corrected chi connectivity index (χ1v) is 6.26. The maximum atomic E-state index is 11.6. The number of carbonyl (C=O) groups is 3. The van der Waals surface area contributed by atoms with Crippen LogP contribution in [0.15, 0.2) is 0 Å². The summed E-state index contributed by atoms with van der Waals surface area (Å²) in [4.78, 5) is 38.8. The summed E-state index contributed by atoms with van der Waals surface area (Å²) < 4.78 is 5.13. The van der Waals surface area contributed by atoms with Crippen molar-refractivity contribution in [1.29, 1.82) is 0 Å². The minimum Gasteiger partial charge on any atom is -0.429 e. The Labute approximate surface area is 112 Å². The number of hydrogen-bond donors (Lipinski definition) is 1. The molecule has 1 aliphatic heterocycles. The van der Waals surface area contributed by atoms with Gasteiger partial charge in [0.2, 0.25) is 0 Å². The van der Waals surface area contributed by atoms with Crippen LogP contribution in [0.4, 0.5) is 4.79 Å². The minimum atomic E-state index is -1.06. The molecule has 0 aliphatic carbocycles. The molecule has 7 nitrogen and oxygen atoms in total. The van der Waals surface area contributed by atoms with Crippen molar-refractivity contribution in [3.63, 3.8) is 0 Å². The number of hydrogen-bond acceptors (Lipinski definition) is 6. The zero-order valence-corrected chi connectivity index (χ0v) is 11.5. The number of carbonyl (C=O) groups excluding carboxylic acids is 3. The summed E-state index contributed by atoms with van der Waals surface area (Å²) in [5.41, 5.74) is 5.21. The van der Waals surface area contributed by atoms with Crippen LogP contribution in [-0.2, 0) is 19.2 Å². The molecule has 0 aromatic carbocycles. The van der Waals surface area contributed by atoms with Gasteiger partial charge in [0.25, 0.3) is 11.8 Å². The number of amides is 2. The Morgan fingerprint density at radius 1 is 1.37 bits per heavy atom. The van der Waals surface area contributed by atoms with Crippen LogP contribution < -0.4 is 5.73 Å². The Kier molecular flexibility index (Phi) is 4.88. The van der Waals surface area contributed by atoms with E-state index in [-0.39, 0.29) is 12.8 Å². The van der Waals surface area contributed by atoms with E-state index in [2.05, 4.69) is 4.84 Å². The average Bonchev–Trinajstić information content (AvgIpc) is 2.67. The lowest BCUT2D eigenvalue weighted by Crippen LogP contribution is -2.41. The predicted octanol–water partition coefficient (Wildman–Crippen LogP) is 0.967. The van der Waals surface area contributed by atoms with Crippen LogP contribution in [0.3, 0.4) is 0 Å². The highest BCUT2D eigenvalue weighted by Gasteiger charge is 2.36. The minimum absolute atomic E-state index is 0.0532. The fourth-order valence-corrected chi connectivity index (χ4v) is 1.80. The largest absolute Gasteiger partial charge is 0.534 e. The van der Waals surface area contributed by atoms with Gasteiger partial charge in [0.05, 0.1) is 0 Å². The second kappa shape index (κ2) is 6.01. The van der Waals surface area contributed by atoms with E-state index in [1.807, 2.05) is 20.8 Å². The standard InChI is InChI=1S/C12H20N2O5/c1-4-8(12(2,3)7-13)18-11(17)19-14-9(15)5-6-10(14)16/h8H,4-7,13H2,1-3H3. The van der Waals surface area contributed by atoms with E-state index in [1.54, 1.807) is 0 Å². The highest BCUT2D eigenvalue weighted by Crippen LogP contribution is 2.25. The van der Waals surface area contributed by atoms with E-state index in [4.69, 9.17) is 10.5 Å². The van der Waals surface area contributed by atoms with Crippen molar-refractivity contribution in [2.45, 2.75) is 46.1 Å². The maximum absolute atomic E-state index is 11.6. The van der Waals surface area contributed by atoms with E-state index >= 15 is 0 Å². The molecular weight excluding hydrogens is 252 g/mol. The lowest BCUT2D eigenvalue weighted by Gasteiger charge is -2.31. The summed E-state index contributed by atoms with van der Waals surface area (Å²) in [6.45, 7) is 5.91. The number of rotatable bonds is 5. The summed E-state index contributed by atoms with van der Waals surface area (Å²) in [5, 5.41) is 0.463. The Balaban J connectivity index is 2.59. The number of ether oxygens (including phenoxy) is 1. The van der Waals surface area contributed by atoms with Gasteiger partial charge in [-0.25, -0.2) is 4.79 Å². The van der Waals surface area contributed by atoms with Crippen LogP contribution in [0, 0.1) is 5.41 Å². The molecule has 2 N–H and O–H groups in total. The number of imide groups is 1. The SMILES string of the molecule is CCC(OC(=O)ON1C(=O)CCC1=O)C(C)(C)CN. The van der Waals surface area contributed by atoms with Gasteiger partial charge in [0.15, 0.2) is 0 Å². The molecule has 108 valence electrons. The van der Waals surface area contributed by atoms with Crippen LogP contribution in [0.2, 0.25) is 0 Å². The van der Waals surface area contributed by atoms with Gasteiger partial charge in [-0.05, 0) is 6.42 Å². The van der Waals surface area contributed by atoms with Crippen molar-refractivity contribution in [3.8, 4) is 0 Å². The van der Waals surface area contributed by atoms with Crippen molar-refractivity contribution < 1.29 is 24.0 Å². The third kappa shape index (κ3) is 3.66. The van der Waals surface area contributed by atoms with Gasteiger partial charge < -0.3 is 10.5 Å². The zero-order chi connectivity index (χ0) is 14.6. The third-order valence-electron chi connectivity index (χ3n) is 3.18. The van der Waals surface area contributed by atoms with E-state index in [1.165, 1.54) is 0 Å². The second-order valence-electron chi connectivity index (χ2n) is 5.13. The van der Waals surface area contributed by atoms with Crippen molar-refractivity contribution in [3.05, 3.63) is 0 Å². The Bertz CT molecular complexity index is 364. The molecule has 0 radical (unpaired) electrons. The molecule has 0 bridgehead atoms. The zero-order valence-electron chi connectivity index (χ0n) is 11.5.